The molecule has 0 radical (unpaired) electrons. The predicted molar refractivity (Wildman–Crippen MR) is 75.1 cm³/mol. The van der Waals surface area contributed by atoms with Crippen LogP contribution in [0, 0.1) is 0 Å². The predicted octanol–water partition coefficient (Wildman–Crippen LogP) is 3.58. The lowest BCUT2D eigenvalue weighted by atomic mass is 10.0. The number of hydrogen-bond donors (Lipinski definition) is 1. The summed E-state index contributed by atoms with van der Waals surface area (Å²) in [6, 6.07) is 10.4. The van der Waals surface area contributed by atoms with E-state index >= 15 is 0 Å². The maximum absolute atomic E-state index is 12.1. The third-order valence-electron chi connectivity index (χ3n) is 2.58. The molecule has 2 atom stereocenters. The topological polar surface area (TPSA) is 29.1 Å². The molecule has 0 saturated heterocycles. The third-order valence-corrected chi connectivity index (χ3v) is 4.20. The van der Waals surface area contributed by atoms with E-state index in [2.05, 4.69) is 23.8 Å². The highest BCUT2D eigenvalue weighted by Gasteiger charge is 2.23. The molecule has 0 aliphatic rings. The highest BCUT2D eigenvalue weighted by Crippen LogP contribution is 2.21. The van der Waals surface area contributed by atoms with Crippen LogP contribution in [0.1, 0.15) is 52.1 Å². The lowest BCUT2D eigenvalue weighted by Gasteiger charge is -2.24. The van der Waals surface area contributed by atoms with Crippen LogP contribution in [0.3, 0.4) is 0 Å². The van der Waals surface area contributed by atoms with Crippen LogP contribution in [-0.4, -0.2) is 8.96 Å². The largest absolute Gasteiger partial charge is 0.242 e. The van der Waals surface area contributed by atoms with Gasteiger partial charge < -0.3 is 0 Å². The van der Waals surface area contributed by atoms with E-state index in [9.17, 15) is 4.21 Å². The van der Waals surface area contributed by atoms with Crippen LogP contribution in [0.2, 0.25) is 0 Å². The fourth-order valence-corrected chi connectivity index (χ4v) is 2.44. The van der Waals surface area contributed by atoms with Gasteiger partial charge in [0.25, 0.3) is 0 Å². The normalized spacial score (nSPS) is 15.5. The van der Waals surface area contributed by atoms with Gasteiger partial charge in [-0.1, -0.05) is 43.7 Å². The average Bonchev–Trinajstić information content (AvgIpc) is 2.28. The van der Waals surface area contributed by atoms with Gasteiger partial charge in [0.15, 0.2) is 0 Å². The Hall–Kier alpha value is -0.670. The minimum atomic E-state index is -1.02. The summed E-state index contributed by atoms with van der Waals surface area (Å²) in [5, 5.41) is 0. The van der Waals surface area contributed by atoms with Gasteiger partial charge in [0, 0.05) is 6.04 Å². The Morgan fingerprint density at radius 1 is 1.24 bits per heavy atom. The Balaban J connectivity index is 2.78. The Bertz CT molecular complexity index is 356. The van der Waals surface area contributed by atoms with Crippen molar-refractivity contribution in [3.8, 4) is 0 Å². The monoisotopic (exact) mass is 253 g/mol. The Morgan fingerprint density at radius 3 is 2.29 bits per heavy atom. The molecule has 17 heavy (non-hydrogen) atoms. The molecule has 96 valence electrons. The number of hydrogen-bond acceptors (Lipinski definition) is 1. The second-order valence-corrected chi connectivity index (χ2v) is 7.25. The van der Waals surface area contributed by atoms with E-state index in [1.54, 1.807) is 0 Å². The molecule has 0 aromatic heterocycles. The highest BCUT2D eigenvalue weighted by molar-refractivity contribution is 7.84. The lowest BCUT2D eigenvalue weighted by molar-refractivity contribution is 0.565. The molecule has 0 amide bonds. The van der Waals surface area contributed by atoms with Crippen LogP contribution >= 0.6 is 0 Å². The summed E-state index contributed by atoms with van der Waals surface area (Å²) in [6.45, 7) is 8.12. The molecule has 2 nitrogen and oxygen atoms in total. The first kappa shape index (κ1) is 14.4. The van der Waals surface area contributed by atoms with Crippen LogP contribution in [-0.2, 0) is 11.0 Å². The smallest absolute Gasteiger partial charge is 0.0975 e. The van der Waals surface area contributed by atoms with Crippen molar-refractivity contribution in [3.63, 3.8) is 0 Å². The average molecular weight is 253 g/mol. The molecular formula is C14H23NOS. The molecule has 3 heteroatoms. The van der Waals surface area contributed by atoms with E-state index in [0.717, 1.165) is 12.8 Å². The lowest BCUT2D eigenvalue weighted by Crippen LogP contribution is -2.35. The minimum Gasteiger partial charge on any atom is -0.242 e. The number of nitrogens with one attached hydrogen (secondary N) is 1. The Kier molecular flexibility index (Phi) is 5.34. The molecule has 0 spiro atoms. The van der Waals surface area contributed by atoms with Gasteiger partial charge in [0.2, 0.25) is 0 Å². The van der Waals surface area contributed by atoms with Crippen LogP contribution in [0.5, 0.6) is 0 Å². The maximum atomic E-state index is 12.1. The molecule has 0 bridgehead atoms. The molecule has 0 saturated carbocycles. The van der Waals surface area contributed by atoms with Crippen LogP contribution in [0.4, 0.5) is 0 Å². The van der Waals surface area contributed by atoms with Crippen LogP contribution in [0.15, 0.2) is 30.3 Å². The second-order valence-electron chi connectivity index (χ2n) is 5.25. The van der Waals surface area contributed by atoms with Gasteiger partial charge in [-0.2, -0.15) is 0 Å². The summed E-state index contributed by atoms with van der Waals surface area (Å²) in [4.78, 5) is 0. The first-order valence-electron chi connectivity index (χ1n) is 6.18. The Labute approximate surface area is 107 Å². The van der Waals surface area contributed by atoms with E-state index < -0.39 is 11.0 Å². The van der Waals surface area contributed by atoms with Crippen molar-refractivity contribution < 1.29 is 4.21 Å². The molecule has 0 heterocycles. The molecule has 1 unspecified atom stereocenters. The first-order valence-corrected chi connectivity index (χ1v) is 7.33. The van der Waals surface area contributed by atoms with Gasteiger partial charge >= 0.3 is 0 Å². The zero-order chi connectivity index (χ0) is 12.9. The van der Waals surface area contributed by atoms with E-state index in [4.69, 9.17) is 0 Å². The standard InChI is InChI=1S/C14H23NOS/c1-5-9-13(12-10-7-6-8-11-12)15-17(16)14(2,3)4/h6-8,10-11,13,15H,5,9H2,1-4H3/t13-,17?/m1/s1. The van der Waals surface area contributed by atoms with Crippen molar-refractivity contribution in [1.29, 1.82) is 0 Å². The van der Waals surface area contributed by atoms with Gasteiger partial charge in [-0.05, 0) is 32.8 Å². The number of benzene rings is 1. The van der Waals surface area contributed by atoms with E-state index in [0.29, 0.717) is 0 Å². The SMILES string of the molecule is CCC[C@@H](NS(=O)C(C)(C)C)c1ccccc1. The first-order chi connectivity index (χ1) is 7.95. The quantitative estimate of drug-likeness (QED) is 0.854. The van der Waals surface area contributed by atoms with Crippen LogP contribution in [0.25, 0.3) is 0 Å². The molecule has 1 rings (SSSR count). The molecule has 0 aliphatic heterocycles. The fraction of sp³-hybridized carbons (Fsp3) is 0.571. The molecule has 1 aromatic carbocycles. The van der Waals surface area contributed by atoms with Crippen molar-refractivity contribution in [2.24, 2.45) is 0 Å². The van der Waals surface area contributed by atoms with Crippen molar-refractivity contribution >= 4 is 11.0 Å². The Morgan fingerprint density at radius 2 is 1.82 bits per heavy atom. The van der Waals surface area contributed by atoms with Gasteiger partial charge in [-0.25, -0.2) is 8.93 Å². The molecule has 0 fully saturated rings. The summed E-state index contributed by atoms with van der Waals surface area (Å²) in [6.07, 6.45) is 2.08. The van der Waals surface area contributed by atoms with Crippen molar-refractivity contribution in [2.45, 2.75) is 51.3 Å². The summed E-state index contributed by atoms with van der Waals surface area (Å²) < 4.78 is 15.1. The van der Waals surface area contributed by atoms with E-state index in [1.165, 1.54) is 5.56 Å². The zero-order valence-corrected chi connectivity index (χ0v) is 12.0. The summed E-state index contributed by atoms with van der Waals surface area (Å²) >= 11 is 0. The summed E-state index contributed by atoms with van der Waals surface area (Å²) in [7, 11) is -1.02. The van der Waals surface area contributed by atoms with Gasteiger partial charge in [-0.15, -0.1) is 0 Å². The van der Waals surface area contributed by atoms with Gasteiger partial charge in [0.1, 0.15) is 0 Å². The molecule has 1 N–H and O–H groups in total. The van der Waals surface area contributed by atoms with Crippen molar-refractivity contribution in [2.75, 3.05) is 0 Å². The van der Waals surface area contributed by atoms with Gasteiger partial charge in [-0.3, -0.25) is 0 Å². The maximum Gasteiger partial charge on any atom is 0.0975 e. The number of rotatable bonds is 5. The van der Waals surface area contributed by atoms with E-state index in [-0.39, 0.29) is 10.8 Å². The fourth-order valence-electron chi connectivity index (χ4n) is 1.57. The zero-order valence-electron chi connectivity index (χ0n) is 11.2. The van der Waals surface area contributed by atoms with Crippen molar-refractivity contribution in [1.82, 2.24) is 4.72 Å². The summed E-state index contributed by atoms with van der Waals surface area (Å²) in [5.41, 5.74) is 1.21. The second kappa shape index (κ2) is 6.31. The van der Waals surface area contributed by atoms with Crippen molar-refractivity contribution in [3.05, 3.63) is 35.9 Å². The molecule has 0 aliphatic carbocycles. The summed E-state index contributed by atoms with van der Waals surface area (Å²) in [5.74, 6) is 0. The minimum absolute atomic E-state index is 0.182. The van der Waals surface area contributed by atoms with E-state index in [1.807, 2.05) is 39.0 Å². The highest BCUT2D eigenvalue weighted by atomic mass is 32.2. The van der Waals surface area contributed by atoms with Gasteiger partial charge in [0.05, 0.1) is 15.7 Å². The molecular weight excluding hydrogens is 230 g/mol. The third kappa shape index (κ3) is 4.60. The molecule has 1 aromatic rings. The van der Waals surface area contributed by atoms with Crippen LogP contribution < -0.4 is 4.72 Å².